The normalized spacial score (nSPS) is 9.21. The van der Waals surface area contributed by atoms with Gasteiger partial charge >= 0.3 is 0 Å². The van der Waals surface area contributed by atoms with Gasteiger partial charge in [0, 0.05) is 7.05 Å². The van der Waals surface area contributed by atoms with Gasteiger partial charge in [-0.1, -0.05) is 29.7 Å². The molecular formula is C11H10ClNO. The summed E-state index contributed by atoms with van der Waals surface area (Å²) >= 11 is 5.86. The number of halogens is 1. The number of terminal acetylenes is 1. The maximum atomic E-state index is 11.7. The summed E-state index contributed by atoms with van der Waals surface area (Å²) in [5.74, 6) is 2.24. The van der Waals surface area contributed by atoms with E-state index in [0.29, 0.717) is 10.6 Å². The highest BCUT2D eigenvalue weighted by molar-refractivity contribution is 6.33. The zero-order valence-corrected chi connectivity index (χ0v) is 8.58. The van der Waals surface area contributed by atoms with Crippen LogP contribution in [0.1, 0.15) is 10.4 Å². The first-order valence-electron chi connectivity index (χ1n) is 4.10. The number of nitrogens with zero attached hydrogens (tertiary/aromatic N) is 1. The van der Waals surface area contributed by atoms with Crippen LogP contribution in [-0.4, -0.2) is 24.4 Å². The van der Waals surface area contributed by atoms with Crippen molar-refractivity contribution in [1.82, 2.24) is 4.90 Å². The van der Waals surface area contributed by atoms with Crippen LogP contribution in [0.5, 0.6) is 0 Å². The molecule has 0 aliphatic rings. The van der Waals surface area contributed by atoms with Crippen molar-refractivity contribution in [3.63, 3.8) is 0 Å². The Balaban J connectivity index is 2.91. The third-order valence-corrected chi connectivity index (χ3v) is 2.11. The Labute approximate surface area is 88.5 Å². The minimum atomic E-state index is -0.159. The van der Waals surface area contributed by atoms with Crippen molar-refractivity contribution < 1.29 is 4.79 Å². The van der Waals surface area contributed by atoms with Gasteiger partial charge in [-0.25, -0.2) is 0 Å². The average molecular weight is 208 g/mol. The fourth-order valence-electron chi connectivity index (χ4n) is 1.05. The molecule has 0 saturated heterocycles. The van der Waals surface area contributed by atoms with Gasteiger partial charge in [0.05, 0.1) is 17.1 Å². The monoisotopic (exact) mass is 207 g/mol. The molecule has 1 amide bonds. The van der Waals surface area contributed by atoms with Gasteiger partial charge in [0.25, 0.3) is 5.91 Å². The highest BCUT2D eigenvalue weighted by Crippen LogP contribution is 2.16. The van der Waals surface area contributed by atoms with Crippen molar-refractivity contribution in [2.24, 2.45) is 0 Å². The fraction of sp³-hybridized carbons (Fsp3) is 0.182. The van der Waals surface area contributed by atoms with Crippen LogP contribution >= 0.6 is 11.6 Å². The second kappa shape index (κ2) is 4.69. The average Bonchev–Trinajstić information content (AvgIpc) is 2.18. The van der Waals surface area contributed by atoms with Crippen LogP contribution in [-0.2, 0) is 0 Å². The number of carbonyl (C=O) groups is 1. The Morgan fingerprint density at radius 3 is 2.79 bits per heavy atom. The summed E-state index contributed by atoms with van der Waals surface area (Å²) in [6.45, 7) is 0.282. The lowest BCUT2D eigenvalue weighted by atomic mass is 10.2. The molecule has 1 aromatic carbocycles. The van der Waals surface area contributed by atoms with Gasteiger partial charge in [0.1, 0.15) is 0 Å². The Kier molecular flexibility index (Phi) is 3.55. The van der Waals surface area contributed by atoms with Crippen molar-refractivity contribution in [3.8, 4) is 12.3 Å². The molecule has 14 heavy (non-hydrogen) atoms. The van der Waals surface area contributed by atoms with Gasteiger partial charge in [-0.15, -0.1) is 6.42 Å². The number of amides is 1. The van der Waals surface area contributed by atoms with Crippen LogP contribution in [0.4, 0.5) is 0 Å². The van der Waals surface area contributed by atoms with Crippen LogP contribution in [0.25, 0.3) is 0 Å². The van der Waals surface area contributed by atoms with E-state index in [1.54, 1.807) is 31.3 Å². The van der Waals surface area contributed by atoms with E-state index in [9.17, 15) is 4.79 Å². The molecule has 0 bridgehead atoms. The Morgan fingerprint density at radius 1 is 1.57 bits per heavy atom. The first-order valence-corrected chi connectivity index (χ1v) is 4.48. The lowest BCUT2D eigenvalue weighted by Gasteiger charge is -2.14. The summed E-state index contributed by atoms with van der Waals surface area (Å²) in [6.07, 6.45) is 5.11. The fourth-order valence-corrected chi connectivity index (χ4v) is 1.27. The maximum absolute atomic E-state index is 11.7. The van der Waals surface area contributed by atoms with Gasteiger partial charge in [0.15, 0.2) is 0 Å². The summed E-state index contributed by atoms with van der Waals surface area (Å²) in [7, 11) is 1.64. The van der Waals surface area contributed by atoms with Crippen molar-refractivity contribution in [2.75, 3.05) is 13.6 Å². The molecule has 1 rings (SSSR count). The zero-order chi connectivity index (χ0) is 10.6. The predicted octanol–water partition coefficient (Wildman–Crippen LogP) is 2.05. The Hall–Kier alpha value is -1.46. The summed E-state index contributed by atoms with van der Waals surface area (Å²) in [4.78, 5) is 13.1. The molecule has 0 aromatic heterocycles. The first-order chi connectivity index (χ1) is 6.66. The molecule has 3 heteroatoms. The van der Waals surface area contributed by atoms with E-state index in [-0.39, 0.29) is 12.5 Å². The number of hydrogen-bond acceptors (Lipinski definition) is 1. The van der Waals surface area contributed by atoms with E-state index in [2.05, 4.69) is 5.92 Å². The summed E-state index contributed by atoms with van der Waals surface area (Å²) in [6, 6.07) is 6.90. The second-order valence-electron chi connectivity index (χ2n) is 2.85. The van der Waals surface area contributed by atoms with Gasteiger partial charge in [0.2, 0.25) is 0 Å². The molecule has 72 valence electrons. The van der Waals surface area contributed by atoms with E-state index in [0.717, 1.165) is 0 Å². The predicted molar refractivity (Wildman–Crippen MR) is 57.2 cm³/mol. The Bertz CT molecular complexity index is 381. The van der Waals surface area contributed by atoms with Crippen molar-refractivity contribution in [1.29, 1.82) is 0 Å². The third-order valence-electron chi connectivity index (χ3n) is 1.78. The van der Waals surface area contributed by atoms with Crippen LogP contribution in [0.3, 0.4) is 0 Å². The Morgan fingerprint density at radius 2 is 2.21 bits per heavy atom. The highest BCUT2D eigenvalue weighted by Gasteiger charge is 2.12. The van der Waals surface area contributed by atoms with E-state index in [1.807, 2.05) is 0 Å². The lowest BCUT2D eigenvalue weighted by Crippen LogP contribution is -2.27. The van der Waals surface area contributed by atoms with Crippen LogP contribution < -0.4 is 0 Å². The van der Waals surface area contributed by atoms with E-state index in [1.165, 1.54) is 4.90 Å². The molecule has 0 unspecified atom stereocenters. The third kappa shape index (κ3) is 2.27. The number of rotatable bonds is 2. The molecule has 1 aromatic rings. The molecule has 0 atom stereocenters. The SMILES string of the molecule is C#CCN(C)C(=O)c1ccccc1Cl. The molecule has 0 aliphatic carbocycles. The first kappa shape index (κ1) is 10.6. The number of hydrogen-bond donors (Lipinski definition) is 0. The molecule has 0 radical (unpaired) electrons. The van der Waals surface area contributed by atoms with Crippen LogP contribution in [0.15, 0.2) is 24.3 Å². The largest absolute Gasteiger partial charge is 0.331 e. The van der Waals surface area contributed by atoms with Gasteiger partial charge in [-0.05, 0) is 12.1 Å². The molecule has 0 spiro atoms. The van der Waals surface area contributed by atoms with Gasteiger partial charge < -0.3 is 4.90 Å². The van der Waals surface area contributed by atoms with E-state index in [4.69, 9.17) is 18.0 Å². The molecule has 0 heterocycles. The summed E-state index contributed by atoms with van der Waals surface area (Å²) in [5.41, 5.74) is 0.479. The lowest BCUT2D eigenvalue weighted by molar-refractivity contribution is 0.0813. The molecule has 0 aliphatic heterocycles. The van der Waals surface area contributed by atoms with Crippen LogP contribution in [0.2, 0.25) is 5.02 Å². The minimum absolute atomic E-state index is 0.159. The maximum Gasteiger partial charge on any atom is 0.255 e. The minimum Gasteiger partial charge on any atom is -0.331 e. The molecule has 0 fully saturated rings. The summed E-state index contributed by atoms with van der Waals surface area (Å²) in [5, 5.41) is 0.446. The van der Waals surface area contributed by atoms with Crippen molar-refractivity contribution >= 4 is 17.5 Å². The van der Waals surface area contributed by atoms with E-state index < -0.39 is 0 Å². The van der Waals surface area contributed by atoms with Crippen molar-refractivity contribution in [2.45, 2.75) is 0 Å². The van der Waals surface area contributed by atoms with Gasteiger partial charge in [-0.3, -0.25) is 4.79 Å². The van der Waals surface area contributed by atoms with Crippen LogP contribution in [0, 0.1) is 12.3 Å². The zero-order valence-electron chi connectivity index (χ0n) is 7.83. The summed E-state index contributed by atoms with van der Waals surface area (Å²) < 4.78 is 0. The van der Waals surface area contributed by atoms with Crippen molar-refractivity contribution in [3.05, 3.63) is 34.9 Å². The standard InChI is InChI=1S/C11H10ClNO/c1-3-8-13(2)11(14)9-6-4-5-7-10(9)12/h1,4-7H,8H2,2H3. The topological polar surface area (TPSA) is 20.3 Å². The highest BCUT2D eigenvalue weighted by atomic mass is 35.5. The smallest absolute Gasteiger partial charge is 0.255 e. The van der Waals surface area contributed by atoms with E-state index >= 15 is 0 Å². The molecular weight excluding hydrogens is 198 g/mol. The molecule has 2 nitrogen and oxygen atoms in total. The van der Waals surface area contributed by atoms with Gasteiger partial charge in [-0.2, -0.15) is 0 Å². The molecule has 0 saturated carbocycles. The number of carbonyl (C=O) groups excluding carboxylic acids is 1. The quantitative estimate of drug-likeness (QED) is 0.680. The second-order valence-corrected chi connectivity index (χ2v) is 3.25. The number of benzene rings is 1. The molecule has 0 N–H and O–H groups in total.